The molecule has 1 fully saturated rings. The van der Waals surface area contributed by atoms with Crippen LogP contribution in [0.5, 0.6) is 0 Å². The number of carbonyl (C=O) groups is 3. The number of fused-ring (bicyclic) bond motifs is 1. The van der Waals surface area contributed by atoms with E-state index in [1.165, 1.54) is 22.7 Å². The monoisotopic (exact) mass is 415 g/mol. The van der Waals surface area contributed by atoms with Gasteiger partial charge in [-0.3, -0.25) is 4.79 Å². The summed E-state index contributed by atoms with van der Waals surface area (Å²) in [6.07, 6.45) is 1.28. The molecule has 1 aromatic heterocycles. The minimum atomic E-state index is -0.512. The van der Waals surface area contributed by atoms with Crippen LogP contribution in [0.2, 0.25) is 0 Å². The first-order chi connectivity index (χ1) is 13.9. The standard InChI is InChI=1S/C20H21N3O5S/c1-4-27-19(25)10-18-23(17(24)11-29-18)7-8-28-20(26)14-5-6-15-16(9-14)22-13(3)12(2)21-15/h5-6,9-10H,4,7-8,11H2,1-3H3/b18-10-. The third kappa shape index (κ3) is 4.92. The summed E-state index contributed by atoms with van der Waals surface area (Å²) in [5.74, 6) is -0.925. The summed E-state index contributed by atoms with van der Waals surface area (Å²) < 4.78 is 10.2. The molecule has 0 radical (unpaired) electrons. The molecule has 0 spiro atoms. The zero-order valence-corrected chi connectivity index (χ0v) is 17.2. The van der Waals surface area contributed by atoms with Crippen LogP contribution in [0.25, 0.3) is 11.0 Å². The fourth-order valence-corrected chi connectivity index (χ4v) is 3.68. The molecule has 3 rings (SSSR count). The van der Waals surface area contributed by atoms with E-state index < -0.39 is 11.9 Å². The lowest BCUT2D eigenvalue weighted by molar-refractivity contribution is -0.137. The van der Waals surface area contributed by atoms with Crippen molar-refractivity contribution < 1.29 is 23.9 Å². The van der Waals surface area contributed by atoms with Crippen LogP contribution >= 0.6 is 11.8 Å². The van der Waals surface area contributed by atoms with Crippen LogP contribution in [-0.4, -0.2) is 58.2 Å². The largest absolute Gasteiger partial charge is 0.463 e. The van der Waals surface area contributed by atoms with E-state index in [0.717, 1.165) is 11.4 Å². The van der Waals surface area contributed by atoms with Gasteiger partial charge in [0.15, 0.2) is 0 Å². The summed E-state index contributed by atoms with van der Waals surface area (Å²) in [6, 6.07) is 5.00. The predicted molar refractivity (Wildman–Crippen MR) is 108 cm³/mol. The molecule has 8 nitrogen and oxygen atoms in total. The van der Waals surface area contributed by atoms with Gasteiger partial charge in [-0.25, -0.2) is 19.6 Å². The molecule has 29 heavy (non-hydrogen) atoms. The highest BCUT2D eigenvalue weighted by molar-refractivity contribution is 8.04. The molecule has 0 aliphatic carbocycles. The molecule has 1 aliphatic heterocycles. The van der Waals surface area contributed by atoms with Crippen molar-refractivity contribution in [1.29, 1.82) is 0 Å². The van der Waals surface area contributed by atoms with E-state index in [2.05, 4.69) is 9.97 Å². The topological polar surface area (TPSA) is 98.7 Å². The molecule has 0 atom stereocenters. The molecule has 0 unspecified atom stereocenters. The van der Waals surface area contributed by atoms with Gasteiger partial charge in [-0.05, 0) is 39.0 Å². The maximum absolute atomic E-state index is 12.4. The molecule has 1 amide bonds. The Morgan fingerprint density at radius 1 is 1.17 bits per heavy atom. The molecule has 1 saturated heterocycles. The van der Waals surface area contributed by atoms with Crippen molar-refractivity contribution in [2.45, 2.75) is 20.8 Å². The van der Waals surface area contributed by atoms with E-state index >= 15 is 0 Å². The van der Waals surface area contributed by atoms with Crippen LogP contribution in [0.15, 0.2) is 29.3 Å². The first-order valence-electron chi connectivity index (χ1n) is 9.12. The highest BCUT2D eigenvalue weighted by atomic mass is 32.2. The summed E-state index contributed by atoms with van der Waals surface area (Å²) in [7, 11) is 0. The number of ether oxygens (including phenoxy) is 2. The Morgan fingerprint density at radius 3 is 2.62 bits per heavy atom. The number of thioether (sulfide) groups is 1. The second-order valence-electron chi connectivity index (χ2n) is 6.30. The van der Waals surface area contributed by atoms with Gasteiger partial charge in [0, 0.05) is 0 Å². The summed E-state index contributed by atoms with van der Waals surface area (Å²) in [5, 5.41) is 0.497. The average Bonchev–Trinajstić information content (AvgIpc) is 3.02. The van der Waals surface area contributed by atoms with Crippen molar-refractivity contribution in [3.8, 4) is 0 Å². The van der Waals surface area contributed by atoms with Crippen molar-refractivity contribution in [3.63, 3.8) is 0 Å². The van der Waals surface area contributed by atoms with Crippen LogP contribution in [0.4, 0.5) is 0 Å². The lowest BCUT2D eigenvalue weighted by atomic mass is 10.2. The fourth-order valence-electron chi connectivity index (χ4n) is 2.72. The summed E-state index contributed by atoms with van der Waals surface area (Å²) in [6.45, 7) is 5.87. The fraction of sp³-hybridized carbons (Fsp3) is 0.350. The Bertz CT molecular complexity index is 1010. The Balaban J connectivity index is 1.63. The molecule has 152 valence electrons. The van der Waals surface area contributed by atoms with Crippen LogP contribution in [0.3, 0.4) is 0 Å². The number of aryl methyl sites for hydroxylation is 2. The van der Waals surface area contributed by atoms with Crippen LogP contribution in [0, 0.1) is 13.8 Å². The van der Waals surface area contributed by atoms with Gasteiger partial charge >= 0.3 is 11.9 Å². The molecule has 2 heterocycles. The number of benzene rings is 1. The quantitative estimate of drug-likeness (QED) is 0.524. The first-order valence-corrected chi connectivity index (χ1v) is 10.1. The van der Waals surface area contributed by atoms with Crippen molar-refractivity contribution in [1.82, 2.24) is 14.9 Å². The minimum absolute atomic E-state index is 0.00192. The smallest absolute Gasteiger partial charge is 0.338 e. The number of amides is 1. The maximum Gasteiger partial charge on any atom is 0.338 e. The van der Waals surface area contributed by atoms with Crippen LogP contribution < -0.4 is 0 Å². The second kappa shape index (κ2) is 9.04. The van der Waals surface area contributed by atoms with E-state index in [1.54, 1.807) is 25.1 Å². The Kier molecular flexibility index (Phi) is 6.48. The zero-order valence-electron chi connectivity index (χ0n) is 16.4. The molecule has 1 aromatic carbocycles. The molecule has 2 aromatic rings. The lowest BCUT2D eigenvalue weighted by Gasteiger charge is -2.16. The van der Waals surface area contributed by atoms with Crippen molar-refractivity contribution >= 4 is 40.6 Å². The van der Waals surface area contributed by atoms with Gasteiger partial charge in [-0.2, -0.15) is 0 Å². The van der Waals surface area contributed by atoms with Gasteiger partial charge in [-0.1, -0.05) is 11.8 Å². The normalized spacial score (nSPS) is 15.2. The van der Waals surface area contributed by atoms with Gasteiger partial charge in [0.25, 0.3) is 0 Å². The van der Waals surface area contributed by atoms with E-state index in [0.29, 0.717) is 21.6 Å². The third-order valence-corrected chi connectivity index (χ3v) is 5.32. The molecular formula is C20H21N3O5S. The number of nitrogens with zero attached hydrogens (tertiary/aromatic N) is 3. The van der Waals surface area contributed by atoms with Gasteiger partial charge in [0.2, 0.25) is 5.91 Å². The average molecular weight is 415 g/mol. The van der Waals surface area contributed by atoms with Crippen LogP contribution in [-0.2, 0) is 19.1 Å². The number of aromatic nitrogens is 2. The van der Waals surface area contributed by atoms with Gasteiger partial charge in [0.05, 0.1) is 58.0 Å². The molecule has 0 N–H and O–H groups in total. The molecule has 9 heteroatoms. The predicted octanol–water partition coefficient (Wildman–Crippen LogP) is 2.38. The highest BCUT2D eigenvalue weighted by Gasteiger charge is 2.27. The Labute approximate surface area is 172 Å². The second-order valence-corrected chi connectivity index (χ2v) is 7.30. The third-order valence-electron chi connectivity index (χ3n) is 4.30. The SMILES string of the molecule is CCOC(=O)/C=C1\SCC(=O)N1CCOC(=O)c1ccc2nc(C)c(C)nc2c1. The lowest BCUT2D eigenvalue weighted by Crippen LogP contribution is -2.29. The summed E-state index contributed by atoms with van der Waals surface area (Å²) in [5.41, 5.74) is 3.33. The first kappa shape index (κ1) is 20.8. The van der Waals surface area contributed by atoms with Gasteiger partial charge in [-0.15, -0.1) is 0 Å². The van der Waals surface area contributed by atoms with Gasteiger partial charge < -0.3 is 14.4 Å². The molecule has 0 saturated carbocycles. The van der Waals surface area contributed by atoms with Crippen molar-refractivity contribution in [2.75, 3.05) is 25.5 Å². The van der Waals surface area contributed by atoms with Crippen molar-refractivity contribution in [3.05, 3.63) is 46.3 Å². The number of hydrogen-bond acceptors (Lipinski definition) is 8. The maximum atomic E-state index is 12.4. The number of rotatable bonds is 6. The highest BCUT2D eigenvalue weighted by Crippen LogP contribution is 2.28. The van der Waals surface area contributed by atoms with E-state index in [9.17, 15) is 14.4 Å². The van der Waals surface area contributed by atoms with Gasteiger partial charge in [0.1, 0.15) is 6.61 Å². The molecule has 1 aliphatic rings. The van der Waals surface area contributed by atoms with Crippen LogP contribution in [0.1, 0.15) is 28.7 Å². The number of carbonyl (C=O) groups excluding carboxylic acids is 3. The minimum Gasteiger partial charge on any atom is -0.463 e. The summed E-state index contributed by atoms with van der Waals surface area (Å²) in [4.78, 5) is 46.3. The number of hydrogen-bond donors (Lipinski definition) is 0. The zero-order chi connectivity index (χ0) is 21.0. The number of esters is 2. The van der Waals surface area contributed by atoms with Crippen molar-refractivity contribution in [2.24, 2.45) is 0 Å². The Hall–Kier alpha value is -2.94. The molecule has 0 bridgehead atoms. The van der Waals surface area contributed by atoms with E-state index in [1.807, 2.05) is 13.8 Å². The van der Waals surface area contributed by atoms with E-state index in [4.69, 9.17) is 9.47 Å². The molecular weight excluding hydrogens is 394 g/mol. The van der Waals surface area contributed by atoms with E-state index in [-0.39, 0.29) is 31.4 Å². The Morgan fingerprint density at radius 2 is 1.90 bits per heavy atom. The summed E-state index contributed by atoms with van der Waals surface area (Å²) >= 11 is 1.25.